The Kier molecular flexibility index (Phi) is 4.33. The van der Waals surface area contributed by atoms with Crippen molar-refractivity contribution in [3.63, 3.8) is 0 Å². The van der Waals surface area contributed by atoms with Gasteiger partial charge in [-0.05, 0) is 47.6 Å². The molecule has 0 saturated heterocycles. The Morgan fingerprint density at radius 3 is 2.00 bits per heavy atom. The molecule has 0 bridgehead atoms. The van der Waals surface area contributed by atoms with Gasteiger partial charge >= 0.3 is 0 Å². The second-order valence-corrected chi connectivity index (χ2v) is 5.04. The van der Waals surface area contributed by atoms with Crippen LogP contribution in [0.1, 0.15) is 37.5 Å². The van der Waals surface area contributed by atoms with Crippen molar-refractivity contribution in [2.75, 3.05) is 0 Å². The molecule has 0 heterocycles. The summed E-state index contributed by atoms with van der Waals surface area (Å²) in [6, 6.07) is 9.50. The van der Waals surface area contributed by atoms with Gasteiger partial charge in [0.1, 0.15) is 11.5 Å². The Labute approximate surface area is 120 Å². The van der Waals surface area contributed by atoms with Crippen LogP contribution in [0.3, 0.4) is 0 Å². The van der Waals surface area contributed by atoms with Crippen molar-refractivity contribution in [1.82, 2.24) is 0 Å². The summed E-state index contributed by atoms with van der Waals surface area (Å²) in [6.07, 6.45) is 2.78. The molecule has 2 nitrogen and oxygen atoms in total. The quantitative estimate of drug-likeness (QED) is 0.861. The van der Waals surface area contributed by atoms with Crippen molar-refractivity contribution in [2.45, 2.75) is 40.0 Å². The predicted molar refractivity (Wildman–Crippen MR) is 83.3 cm³/mol. The van der Waals surface area contributed by atoms with Crippen LogP contribution >= 0.6 is 0 Å². The van der Waals surface area contributed by atoms with Crippen LogP contribution in [-0.4, -0.2) is 10.2 Å². The molecule has 2 heteroatoms. The zero-order valence-electron chi connectivity index (χ0n) is 12.4. The number of hydrogen-bond donors (Lipinski definition) is 2. The fourth-order valence-electron chi connectivity index (χ4n) is 2.74. The average molecular weight is 270 g/mol. The minimum Gasteiger partial charge on any atom is -0.508 e. The molecule has 0 radical (unpaired) electrons. The van der Waals surface area contributed by atoms with Crippen molar-refractivity contribution in [1.29, 1.82) is 0 Å². The molecular formula is C18H22O2. The summed E-state index contributed by atoms with van der Waals surface area (Å²) in [5, 5.41) is 19.8. The van der Waals surface area contributed by atoms with Crippen LogP contribution < -0.4 is 0 Å². The molecule has 0 saturated carbocycles. The summed E-state index contributed by atoms with van der Waals surface area (Å²) in [5.74, 6) is 0.261. The van der Waals surface area contributed by atoms with E-state index in [0.717, 1.165) is 36.0 Å². The SMILES string of the molecule is CCc1ccc(-c2c(O)cc(O)cc2CC)cc1CC. The van der Waals surface area contributed by atoms with Gasteiger partial charge in [0, 0.05) is 11.6 Å². The monoisotopic (exact) mass is 270 g/mol. The van der Waals surface area contributed by atoms with Crippen LogP contribution in [0.2, 0.25) is 0 Å². The number of benzene rings is 2. The lowest BCUT2D eigenvalue weighted by Crippen LogP contribution is -1.94. The first-order valence-corrected chi connectivity index (χ1v) is 7.27. The van der Waals surface area contributed by atoms with E-state index < -0.39 is 0 Å². The third-order valence-corrected chi connectivity index (χ3v) is 3.82. The molecule has 20 heavy (non-hydrogen) atoms. The van der Waals surface area contributed by atoms with E-state index in [1.807, 2.05) is 6.92 Å². The largest absolute Gasteiger partial charge is 0.508 e. The number of rotatable bonds is 4. The topological polar surface area (TPSA) is 40.5 Å². The maximum atomic E-state index is 10.2. The number of phenols is 2. The zero-order valence-corrected chi connectivity index (χ0v) is 12.4. The van der Waals surface area contributed by atoms with Gasteiger partial charge in [0.25, 0.3) is 0 Å². The van der Waals surface area contributed by atoms with Crippen molar-refractivity contribution >= 4 is 0 Å². The van der Waals surface area contributed by atoms with E-state index in [4.69, 9.17) is 0 Å². The van der Waals surface area contributed by atoms with E-state index in [-0.39, 0.29) is 11.5 Å². The highest BCUT2D eigenvalue weighted by atomic mass is 16.3. The molecule has 2 N–H and O–H groups in total. The second kappa shape index (κ2) is 6.00. The highest BCUT2D eigenvalue weighted by Gasteiger charge is 2.12. The van der Waals surface area contributed by atoms with Gasteiger partial charge in [0.05, 0.1) is 0 Å². The van der Waals surface area contributed by atoms with Crippen molar-refractivity contribution in [3.8, 4) is 22.6 Å². The van der Waals surface area contributed by atoms with E-state index in [0.29, 0.717) is 0 Å². The first-order chi connectivity index (χ1) is 9.60. The Morgan fingerprint density at radius 1 is 0.750 bits per heavy atom. The molecule has 0 aromatic heterocycles. The molecule has 0 amide bonds. The van der Waals surface area contributed by atoms with Gasteiger partial charge in [-0.3, -0.25) is 0 Å². The number of phenolic OH excluding ortho intramolecular Hbond substituents is 2. The standard InChI is InChI=1S/C18H22O2/c1-4-12-7-8-15(9-13(12)5-2)18-14(6-3)10-16(19)11-17(18)20/h7-11,19-20H,4-6H2,1-3H3. The second-order valence-electron chi connectivity index (χ2n) is 5.04. The first-order valence-electron chi connectivity index (χ1n) is 7.27. The van der Waals surface area contributed by atoms with E-state index in [9.17, 15) is 10.2 Å². The summed E-state index contributed by atoms with van der Waals surface area (Å²) >= 11 is 0. The summed E-state index contributed by atoms with van der Waals surface area (Å²) in [5.41, 5.74) is 5.50. The highest BCUT2D eigenvalue weighted by Crippen LogP contribution is 2.37. The Bertz CT molecular complexity index is 615. The first kappa shape index (κ1) is 14.4. The molecule has 0 spiro atoms. The third kappa shape index (κ3) is 2.64. The lowest BCUT2D eigenvalue weighted by atomic mass is 9.92. The van der Waals surface area contributed by atoms with Gasteiger partial charge in [-0.15, -0.1) is 0 Å². The maximum Gasteiger partial charge on any atom is 0.127 e. The summed E-state index contributed by atoms with van der Waals surface area (Å²) < 4.78 is 0. The average Bonchev–Trinajstić information content (AvgIpc) is 2.45. The van der Waals surface area contributed by atoms with Crippen LogP contribution in [0.4, 0.5) is 0 Å². The molecule has 0 aliphatic carbocycles. The van der Waals surface area contributed by atoms with Crippen LogP contribution in [0, 0.1) is 0 Å². The van der Waals surface area contributed by atoms with E-state index in [1.54, 1.807) is 6.07 Å². The molecule has 0 unspecified atom stereocenters. The zero-order chi connectivity index (χ0) is 14.7. The molecule has 2 aromatic rings. The molecule has 106 valence electrons. The normalized spacial score (nSPS) is 10.8. The number of aromatic hydroxyl groups is 2. The molecule has 2 rings (SSSR count). The summed E-state index contributed by atoms with van der Waals surface area (Å²) in [6.45, 7) is 6.33. The van der Waals surface area contributed by atoms with Crippen molar-refractivity contribution in [2.24, 2.45) is 0 Å². The number of hydrogen-bond acceptors (Lipinski definition) is 2. The van der Waals surface area contributed by atoms with Gasteiger partial charge in [-0.25, -0.2) is 0 Å². The summed E-state index contributed by atoms with van der Waals surface area (Å²) in [7, 11) is 0. The van der Waals surface area contributed by atoms with Gasteiger partial charge < -0.3 is 10.2 Å². The van der Waals surface area contributed by atoms with Gasteiger partial charge in [-0.1, -0.05) is 39.0 Å². The van der Waals surface area contributed by atoms with E-state index in [1.165, 1.54) is 17.2 Å². The van der Waals surface area contributed by atoms with Crippen LogP contribution in [0.5, 0.6) is 11.5 Å². The molecule has 0 atom stereocenters. The Morgan fingerprint density at radius 2 is 1.40 bits per heavy atom. The lowest BCUT2D eigenvalue weighted by molar-refractivity contribution is 0.450. The highest BCUT2D eigenvalue weighted by molar-refractivity contribution is 5.75. The Hall–Kier alpha value is -1.96. The number of aryl methyl sites for hydroxylation is 3. The molecule has 0 aliphatic heterocycles. The van der Waals surface area contributed by atoms with Gasteiger partial charge in [0.2, 0.25) is 0 Å². The van der Waals surface area contributed by atoms with E-state index in [2.05, 4.69) is 32.0 Å². The van der Waals surface area contributed by atoms with Crippen molar-refractivity contribution < 1.29 is 10.2 Å². The van der Waals surface area contributed by atoms with Crippen LogP contribution in [0.25, 0.3) is 11.1 Å². The molecule has 2 aromatic carbocycles. The molecular weight excluding hydrogens is 248 g/mol. The fourth-order valence-corrected chi connectivity index (χ4v) is 2.74. The third-order valence-electron chi connectivity index (χ3n) is 3.82. The predicted octanol–water partition coefficient (Wildman–Crippen LogP) is 4.45. The van der Waals surface area contributed by atoms with Crippen LogP contribution in [-0.2, 0) is 19.3 Å². The van der Waals surface area contributed by atoms with E-state index >= 15 is 0 Å². The minimum absolute atomic E-state index is 0.115. The van der Waals surface area contributed by atoms with Gasteiger partial charge in [-0.2, -0.15) is 0 Å². The lowest BCUT2D eigenvalue weighted by Gasteiger charge is -2.14. The maximum absolute atomic E-state index is 10.2. The minimum atomic E-state index is 0.115. The van der Waals surface area contributed by atoms with Crippen molar-refractivity contribution in [3.05, 3.63) is 47.0 Å². The van der Waals surface area contributed by atoms with Crippen LogP contribution in [0.15, 0.2) is 30.3 Å². The molecule has 0 aliphatic rings. The smallest absolute Gasteiger partial charge is 0.127 e. The Balaban J connectivity index is 2.62. The van der Waals surface area contributed by atoms with Gasteiger partial charge in [0.15, 0.2) is 0 Å². The summed E-state index contributed by atoms with van der Waals surface area (Å²) in [4.78, 5) is 0. The fraction of sp³-hybridized carbons (Fsp3) is 0.333. The molecule has 0 fully saturated rings.